The van der Waals surface area contributed by atoms with Gasteiger partial charge in [-0.3, -0.25) is 19.4 Å². The summed E-state index contributed by atoms with van der Waals surface area (Å²) in [6, 6.07) is 1.99. The number of hydrogen-bond donors (Lipinski definition) is 4. The standard InChI is InChI=1S/C47H61ClF3N7O5/c1-25(2)40(57-45(62)63-8)44(61)58-24-26(3)17-38(58)41-27(4)9-10-31(22-54-41)29-11-13-30(14-12-29)33-18-36(48)37(19-34(33)47(49,50)51)56-42(59)32-15-16-39(53-23-32)52-21-28(5)55-43(60)35-20-46(35,6)7/h11,13,15-16,18,22-23,25-28,34-35,38,40H,9-10,12,14,17,19-21,24H2,1-8H3,(H,52,53)(H,55,60)(H,56,59)(H,57,62). The fourth-order valence-electron chi connectivity index (χ4n) is 8.98. The van der Waals surface area contributed by atoms with Gasteiger partial charge in [-0.05, 0) is 109 Å². The number of alkyl carbamates (subject to hydrolysis) is 1. The quantitative estimate of drug-likeness (QED) is 0.155. The molecule has 1 aromatic rings. The summed E-state index contributed by atoms with van der Waals surface area (Å²) in [5.41, 5.74) is 3.68. The third-order valence-corrected chi connectivity index (χ3v) is 13.4. The van der Waals surface area contributed by atoms with Gasteiger partial charge in [-0.25, -0.2) is 9.78 Å². The van der Waals surface area contributed by atoms with Crippen molar-refractivity contribution in [1.29, 1.82) is 0 Å². The van der Waals surface area contributed by atoms with Gasteiger partial charge in [0.1, 0.15) is 11.9 Å². The molecule has 0 spiro atoms. The molecular formula is C47H61ClF3N7O5. The summed E-state index contributed by atoms with van der Waals surface area (Å²) in [5.74, 6) is -2.01. The molecule has 342 valence electrons. The second kappa shape index (κ2) is 19.4. The van der Waals surface area contributed by atoms with E-state index in [1.807, 2.05) is 37.9 Å². The largest absolute Gasteiger partial charge is 0.453 e. The average Bonchev–Trinajstić information content (AvgIpc) is 3.79. The number of nitrogens with one attached hydrogen (secondary N) is 4. The Labute approximate surface area is 373 Å². The van der Waals surface area contributed by atoms with Gasteiger partial charge >= 0.3 is 12.3 Å². The second-order valence-corrected chi connectivity index (χ2v) is 19.3. The number of anilines is 1. The molecule has 1 saturated carbocycles. The Hall–Kier alpha value is -4.92. The first-order chi connectivity index (χ1) is 29.7. The molecule has 7 atom stereocenters. The topological polar surface area (TPSA) is 154 Å². The molecule has 0 bridgehead atoms. The maximum absolute atomic E-state index is 14.7. The Morgan fingerprint density at radius 3 is 2.32 bits per heavy atom. The minimum absolute atomic E-state index is 0.0162. The van der Waals surface area contributed by atoms with Crippen molar-refractivity contribution in [2.45, 2.75) is 118 Å². The van der Waals surface area contributed by atoms with Crippen LogP contribution in [0.1, 0.15) is 104 Å². The number of likely N-dealkylation sites (tertiary alicyclic amines) is 1. The maximum atomic E-state index is 14.7. The van der Waals surface area contributed by atoms with E-state index < -0.39 is 36.6 Å². The van der Waals surface area contributed by atoms with Crippen LogP contribution in [0.3, 0.4) is 0 Å². The minimum Gasteiger partial charge on any atom is -0.453 e. The van der Waals surface area contributed by atoms with Crippen LogP contribution in [0.4, 0.5) is 23.8 Å². The normalized spacial score (nSPS) is 25.6. The van der Waals surface area contributed by atoms with Gasteiger partial charge < -0.3 is 30.9 Å². The van der Waals surface area contributed by atoms with E-state index in [0.717, 1.165) is 42.5 Å². The molecule has 63 heavy (non-hydrogen) atoms. The number of amides is 4. The Morgan fingerprint density at radius 1 is 1.02 bits per heavy atom. The number of aliphatic imine (C=N–C) groups is 1. The van der Waals surface area contributed by atoms with E-state index >= 15 is 0 Å². The highest BCUT2D eigenvalue weighted by atomic mass is 35.5. The highest BCUT2D eigenvalue weighted by Crippen LogP contribution is 2.51. The number of nitrogens with zero attached hydrogens (tertiary/aromatic N) is 3. The maximum Gasteiger partial charge on any atom is 0.407 e. The molecule has 2 aliphatic heterocycles. The Morgan fingerprint density at radius 2 is 1.71 bits per heavy atom. The summed E-state index contributed by atoms with van der Waals surface area (Å²) in [6.45, 7) is 14.9. The number of rotatable bonds is 13. The summed E-state index contributed by atoms with van der Waals surface area (Å²) in [7, 11) is 1.27. The summed E-state index contributed by atoms with van der Waals surface area (Å²) in [4.78, 5) is 62.7. The monoisotopic (exact) mass is 895 g/mol. The molecule has 2 fully saturated rings. The molecule has 5 aliphatic rings. The van der Waals surface area contributed by atoms with Crippen LogP contribution < -0.4 is 21.3 Å². The van der Waals surface area contributed by atoms with Gasteiger partial charge in [0.05, 0.1) is 29.7 Å². The van der Waals surface area contributed by atoms with Crippen LogP contribution >= 0.6 is 11.6 Å². The Bertz CT molecular complexity index is 2140. The first-order valence-electron chi connectivity index (χ1n) is 22.0. The lowest BCUT2D eigenvalue weighted by atomic mass is 9.79. The van der Waals surface area contributed by atoms with Gasteiger partial charge in [-0.15, -0.1) is 0 Å². The third kappa shape index (κ3) is 11.4. The summed E-state index contributed by atoms with van der Waals surface area (Å²) in [5, 5.41) is 11.5. The molecule has 3 heterocycles. The van der Waals surface area contributed by atoms with Gasteiger partial charge in [0.25, 0.3) is 5.91 Å². The molecular weight excluding hydrogens is 835 g/mol. The zero-order valence-corrected chi connectivity index (χ0v) is 38.2. The van der Waals surface area contributed by atoms with E-state index in [-0.39, 0.29) is 74.9 Å². The second-order valence-electron chi connectivity index (χ2n) is 18.9. The average molecular weight is 896 g/mol. The van der Waals surface area contributed by atoms with Gasteiger partial charge in [-0.2, -0.15) is 13.2 Å². The van der Waals surface area contributed by atoms with E-state index in [0.29, 0.717) is 37.3 Å². The zero-order valence-electron chi connectivity index (χ0n) is 37.4. The van der Waals surface area contributed by atoms with Crippen LogP contribution in [0, 0.1) is 35.0 Å². The van der Waals surface area contributed by atoms with Gasteiger partial charge in [0.15, 0.2) is 0 Å². The number of carbonyl (C=O) groups excluding carboxylic acids is 4. The molecule has 4 N–H and O–H groups in total. The van der Waals surface area contributed by atoms with Crippen LogP contribution in [-0.2, 0) is 14.3 Å². The predicted octanol–water partition coefficient (Wildman–Crippen LogP) is 8.75. The van der Waals surface area contributed by atoms with Crippen LogP contribution in [0.5, 0.6) is 0 Å². The minimum atomic E-state index is -4.60. The summed E-state index contributed by atoms with van der Waals surface area (Å²) in [6.07, 6.45) is 6.31. The van der Waals surface area contributed by atoms with E-state index in [1.54, 1.807) is 12.1 Å². The molecule has 3 aliphatic carbocycles. The molecule has 1 saturated heterocycles. The lowest BCUT2D eigenvalue weighted by Gasteiger charge is -2.32. The smallest absolute Gasteiger partial charge is 0.407 e. The van der Waals surface area contributed by atoms with Crippen molar-refractivity contribution >= 4 is 46.9 Å². The SMILES string of the molecule is COC(=O)NC(C(=O)N1CC(C)CC1C1=NC=C(C2=CC=C(C3=CC(Cl)=C(NC(=O)c4ccc(NCC(C)NC(=O)C5CC5(C)C)nc4)CC3C(F)(F)F)CC2)CCC1C)C(C)C. The van der Waals surface area contributed by atoms with E-state index in [2.05, 4.69) is 53.9 Å². The number of halogens is 4. The number of alkyl halides is 3. The fraction of sp³-hybridized carbons (Fsp3) is 0.574. The molecule has 7 unspecified atom stereocenters. The molecule has 4 amide bonds. The first kappa shape index (κ1) is 47.6. The highest BCUT2D eigenvalue weighted by Gasteiger charge is 2.51. The molecule has 1 aromatic heterocycles. The number of ether oxygens (including phenoxy) is 1. The van der Waals surface area contributed by atoms with Crippen molar-refractivity contribution < 1.29 is 37.1 Å². The number of aromatic nitrogens is 1. The van der Waals surface area contributed by atoms with Gasteiger partial charge in [-0.1, -0.05) is 65.3 Å². The van der Waals surface area contributed by atoms with Crippen LogP contribution in [0.15, 0.2) is 80.8 Å². The lowest BCUT2D eigenvalue weighted by molar-refractivity contribution is -0.163. The third-order valence-electron chi connectivity index (χ3n) is 13.0. The Balaban J connectivity index is 1.13. The summed E-state index contributed by atoms with van der Waals surface area (Å²) < 4.78 is 49.0. The van der Waals surface area contributed by atoms with Crippen molar-refractivity contribution in [1.82, 2.24) is 25.8 Å². The van der Waals surface area contributed by atoms with Crippen LogP contribution in [0.2, 0.25) is 0 Å². The molecule has 16 heteroatoms. The molecule has 12 nitrogen and oxygen atoms in total. The van der Waals surface area contributed by atoms with Crippen molar-refractivity contribution in [2.24, 2.45) is 40.0 Å². The van der Waals surface area contributed by atoms with Gasteiger partial charge in [0.2, 0.25) is 11.8 Å². The van der Waals surface area contributed by atoms with Crippen molar-refractivity contribution in [3.63, 3.8) is 0 Å². The summed E-state index contributed by atoms with van der Waals surface area (Å²) >= 11 is 6.61. The van der Waals surface area contributed by atoms with E-state index in [1.165, 1.54) is 25.4 Å². The van der Waals surface area contributed by atoms with E-state index in [9.17, 15) is 32.3 Å². The number of pyridine rings is 1. The van der Waals surface area contributed by atoms with Crippen LogP contribution in [-0.4, -0.2) is 83.9 Å². The predicted molar refractivity (Wildman–Crippen MR) is 238 cm³/mol. The first-order valence-corrected chi connectivity index (χ1v) is 22.3. The Kier molecular flexibility index (Phi) is 14.7. The lowest BCUT2D eigenvalue weighted by Crippen LogP contribution is -2.54. The molecule has 0 radical (unpaired) electrons. The number of carbonyl (C=O) groups is 4. The van der Waals surface area contributed by atoms with Crippen molar-refractivity contribution in [2.75, 3.05) is 25.5 Å². The molecule has 0 aromatic carbocycles. The van der Waals surface area contributed by atoms with Crippen molar-refractivity contribution in [3.8, 4) is 0 Å². The van der Waals surface area contributed by atoms with Gasteiger partial charge in [0, 0.05) is 55.3 Å². The zero-order chi connectivity index (χ0) is 46.0. The highest BCUT2D eigenvalue weighted by molar-refractivity contribution is 6.32. The number of allylic oxidation sites excluding steroid dienone is 9. The van der Waals surface area contributed by atoms with Crippen LogP contribution in [0.25, 0.3) is 0 Å². The number of methoxy groups -OCH3 is 1. The fourth-order valence-corrected chi connectivity index (χ4v) is 9.22. The van der Waals surface area contributed by atoms with E-state index in [4.69, 9.17) is 21.3 Å². The molecule has 6 rings (SSSR count). The van der Waals surface area contributed by atoms with Crippen molar-refractivity contribution in [3.05, 3.63) is 81.3 Å². The number of hydrogen-bond acceptors (Lipinski definition) is 8.